The molecule has 2 aromatic rings. The second-order valence-corrected chi connectivity index (χ2v) is 3.09. The lowest BCUT2D eigenvalue weighted by molar-refractivity contribution is 1.20. The van der Waals surface area contributed by atoms with Crippen molar-refractivity contribution >= 4 is 0 Å². The number of hydrogen-bond donors (Lipinski definition) is 1. The van der Waals surface area contributed by atoms with Crippen LogP contribution in [-0.2, 0) is 0 Å². The molecule has 0 spiro atoms. The van der Waals surface area contributed by atoms with E-state index in [0.717, 1.165) is 11.1 Å². The van der Waals surface area contributed by atoms with Crippen LogP contribution in [0.2, 0.25) is 0 Å². The lowest BCUT2D eigenvalue weighted by Crippen LogP contribution is -2.06. The van der Waals surface area contributed by atoms with Crippen LogP contribution in [-0.4, -0.2) is 4.98 Å². The first-order valence-corrected chi connectivity index (χ1v) is 4.50. The van der Waals surface area contributed by atoms with Crippen molar-refractivity contribution in [1.82, 2.24) is 4.98 Å². The fraction of sp³-hybridized carbons (Fsp3) is 0. The third-order valence-electron chi connectivity index (χ3n) is 2.12. The largest absolute Gasteiger partial charge is 0.313 e. The number of benzene rings is 1. The normalized spacial score (nSPS) is 9.53. The van der Waals surface area contributed by atoms with Crippen molar-refractivity contribution in [3.8, 4) is 17.2 Å². The molecular formula is C12H8N2O. The Hall–Kier alpha value is -2.34. The standard InChI is InChI=1S/C12H8N2O/c13-8-11-10(6-7-12(15)14-11)9-4-2-1-3-5-9/h1-7H,(H,14,15). The molecule has 3 nitrogen and oxygen atoms in total. The highest BCUT2D eigenvalue weighted by Crippen LogP contribution is 2.19. The summed E-state index contributed by atoms with van der Waals surface area (Å²) in [5.74, 6) is 0. The average Bonchev–Trinajstić information content (AvgIpc) is 2.30. The van der Waals surface area contributed by atoms with Crippen LogP contribution in [0.1, 0.15) is 5.69 Å². The van der Waals surface area contributed by atoms with E-state index in [2.05, 4.69) is 4.98 Å². The van der Waals surface area contributed by atoms with E-state index in [1.165, 1.54) is 6.07 Å². The molecule has 0 radical (unpaired) electrons. The van der Waals surface area contributed by atoms with E-state index in [-0.39, 0.29) is 5.56 Å². The number of nitriles is 1. The Kier molecular flexibility index (Phi) is 2.34. The highest BCUT2D eigenvalue weighted by Gasteiger charge is 2.04. The van der Waals surface area contributed by atoms with E-state index >= 15 is 0 Å². The monoisotopic (exact) mass is 196 g/mol. The Morgan fingerprint density at radius 3 is 2.47 bits per heavy atom. The smallest absolute Gasteiger partial charge is 0.248 e. The number of hydrogen-bond acceptors (Lipinski definition) is 2. The zero-order chi connectivity index (χ0) is 10.7. The van der Waals surface area contributed by atoms with Crippen LogP contribution in [0.4, 0.5) is 0 Å². The van der Waals surface area contributed by atoms with Crippen LogP contribution in [0, 0.1) is 11.3 Å². The lowest BCUT2D eigenvalue weighted by Gasteiger charge is -2.02. The van der Waals surface area contributed by atoms with Gasteiger partial charge in [-0.05, 0) is 11.6 Å². The Bertz CT molecular complexity index is 564. The van der Waals surface area contributed by atoms with Crippen LogP contribution in [0.3, 0.4) is 0 Å². The van der Waals surface area contributed by atoms with E-state index < -0.39 is 0 Å². The maximum Gasteiger partial charge on any atom is 0.248 e. The Morgan fingerprint density at radius 2 is 1.80 bits per heavy atom. The minimum atomic E-state index is -0.258. The lowest BCUT2D eigenvalue weighted by atomic mass is 10.0. The summed E-state index contributed by atoms with van der Waals surface area (Å²) in [4.78, 5) is 13.5. The van der Waals surface area contributed by atoms with Gasteiger partial charge in [-0.2, -0.15) is 5.26 Å². The minimum absolute atomic E-state index is 0.258. The Labute approximate surface area is 86.6 Å². The summed E-state index contributed by atoms with van der Waals surface area (Å²) in [6.45, 7) is 0. The summed E-state index contributed by atoms with van der Waals surface area (Å²) in [7, 11) is 0. The molecule has 0 aliphatic heterocycles. The van der Waals surface area contributed by atoms with Gasteiger partial charge in [0.25, 0.3) is 0 Å². The molecule has 0 fully saturated rings. The SMILES string of the molecule is N#Cc1[nH]c(=O)ccc1-c1ccccc1. The summed E-state index contributed by atoms with van der Waals surface area (Å²) in [5, 5.41) is 8.88. The molecule has 1 heterocycles. The molecule has 0 amide bonds. The van der Waals surface area contributed by atoms with E-state index in [9.17, 15) is 4.79 Å². The third-order valence-corrected chi connectivity index (χ3v) is 2.12. The quantitative estimate of drug-likeness (QED) is 0.757. The predicted octanol–water partition coefficient (Wildman–Crippen LogP) is 1.91. The molecule has 0 atom stereocenters. The van der Waals surface area contributed by atoms with Gasteiger partial charge in [-0.3, -0.25) is 4.79 Å². The molecule has 15 heavy (non-hydrogen) atoms. The van der Waals surface area contributed by atoms with Gasteiger partial charge in [0.05, 0.1) is 0 Å². The second kappa shape index (κ2) is 3.81. The van der Waals surface area contributed by atoms with Crippen LogP contribution < -0.4 is 5.56 Å². The van der Waals surface area contributed by atoms with E-state index in [1.54, 1.807) is 6.07 Å². The third kappa shape index (κ3) is 1.79. The molecule has 0 aliphatic rings. The summed E-state index contributed by atoms with van der Waals surface area (Å²) in [6.07, 6.45) is 0. The van der Waals surface area contributed by atoms with Crippen molar-refractivity contribution in [2.45, 2.75) is 0 Å². The molecule has 0 saturated heterocycles. The van der Waals surface area contributed by atoms with Gasteiger partial charge in [-0.15, -0.1) is 0 Å². The number of H-pyrrole nitrogens is 1. The van der Waals surface area contributed by atoms with Gasteiger partial charge in [0, 0.05) is 11.6 Å². The van der Waals surface area contributed by atoms with Crippen LogP contribution in [0.5, 0.6) is 0 Å². The van der Waals surface area contributed by atoms with Crippen molar-refractivity contribution in [3.63, 3.8) is 0 Å². The zero-order valence-electron chi connectivity index (χ0n) is 7.90. The molecule has 0 bridgehead atoms. The molecule has 1 aromatic heterocycles. The zero-order valence-corrected chi connectivity index (χ0v) is 7.90. The molecule has 1 aromatic carbocycles. The number of aromatic amines is 1. The topological polar surface area (TPSA) is 56.6 Å². The number of pyridine rings is 1. The molecule has 0 aliphatic carbocycles. The maximum atomic E-state index is 11.0. The highest BCUT2D eigenvalue weighted by atomic mass is 16.1. The molecule has 0 saturated carbocycles. The molecule has 2 rings (SSSR count). The number of nitrogens with zero attached hydrogens (tertiary/aromatic N) is 1. The van der Waals surface area contributed by atoms with Crippen molar-refractivity contribution in [2.24, 2.45) is 0 Å². The number of rotatable bonds is 1. The predicted molar refractivity (Wildman–Crippen MR) is 57.2 cm³/mol. The fourth-order valence-electron chi connectivity index (χ4n) is 1.42. The summed E-state index contributed by atoms with van der Waals surface area (Å²) in [6, 6.07) is 14.5. The molecular weight excluding hydrogens is 188 g/mol. The van der Waals surface area contributed by atoms with Gasteiger partial charge in [0.15, 0.2) is 0 Å². The van der Waals surface area contributed by atoms with Crippen LogP contribution in [0.25, 0.3) is 11.1 Å². The van der Waals surface area contributed by atoms with Gasteiger partial charge in [0.1, 0.15) is 11.8 Å². The van der Waals surface area contributed by atoms with E-state index in [1.807, 2.05) is 36.4 Å². The highest BCUT2D eigenvalue weighted by molar-refractivity contribution is 5.68. The van der Waals surface area contributed by atoms with E-state index in [4.69, 9.17) is 5.26 Å². The average molecular weight is 196 g/mol. The molecule has 1 N–H and O–H groups in total. The molecule has 0 unspecified atom stereocenters. The van der Waals surface area contributed by atoms with Crippen LogP contribution in [0.15, 0.2) is 47.3 Å². The van der Waals surface area contributed by atoms with Gasteiger partial charge in [0.2, 0.25) is 5.56 Å². The summed E-state index contributed by atoms with van der Waals surface area (Å²) in [5.41, 5.74) is 1.71. The van der Waals surface area contributed by atoms with Crippen molar-refractivity contribution in [3.05, 3.63) is 58.5 Å². The van der Waals surface area contributed by atoms with Gasteiger partial charge >= 0.3 is 0 Å². The van der Waals surface area contributed by atoms with Crippen molar-refractivity contribution in [1.29, 1.82) is 5.26 Å². The van der Waals surface area contributed by atoms with Gasteiger partial charge in [-0.25, -0.2) is 0 Å². The molecule has 3 heteroatoms. The first-order chi connectivity index (χ1) is 7.31. The maximum absolute atomic E-state index is 11.0. The number of aromatic nitrogens is 1. The van der Waals surface area contributed by atoms with Crippen molar-refractivity contribution in [2.75, 3.05) is 0 Å². The van der Waals surface area contributed by atoms with Crippen molar-refractivity contribution < 1.29 is 0 Å². The minimum Gasteiger partial charge on any atom is -0.313 e. The fourth-order valence-corrected chi connectivity index (χ4v) is 1.42. The molecule has 72 valence electrons. The number of nitrogens with one attached hydrogen (secondary N) is 1. The van der Waals surface area contributed by atoms with Crippen LogP contribution >= 0.6 is 0 Å². The summed E-state index contributed by atoms with van der Waals surface area (Å²) < 4.78 is 0. The Morgan fingerprint density at radius 1 is 1.07 bits per heavy atom. The second-order valence-electron chi connectivity index (χ2n) is 3.09. The van der Waals surface area contributed by atoms with Gasteiger partial charge in [-0.1, -0.05) is 30.3 Å². The summed E-state index contributed by atoms with van der Waals surface area (Å²) >= 11 is 0. The first-order valence-electron chi connectivity index (χ1n) is 4.50. The van der Waals surface area contributed by atoms with Gasteiger partial charge < -0.3 is 4.98 Å². The Balaban J connectivity index is 2.65. The first kappa shape index (κ1) is 9.22. The van der Waals surface area contributed by atoms with E-state index in [0.29, 0.717) is 5.69 Å².